The minimum Gasteiger partial charge on any atom is -0.296 e. The molecule has 0 unspecified atom stereocenters. The molecule has 0 fully saturated rings. The summed E-state index contributed by atoms with van der Waals surface area (Å²) in [6.07, 6.45) is 1.41. The third kappa shape index (κ3) is 5.93. The van der Waals surface area contributed by atoms with Gasteiger partial charge in [0.2, 0.25) is 9.47 Å². The van der Waals surface area contributed by atoms with Gasteiger partial charge in [0, 0.05) is 11.6 Å². The van der Waals surface area contributed by atoms with Crippen LogP contribution in [0.5, 0.6) is 0 Å². The van der Waals surface area contributed by atoms with Crippen molar-refractivity contribution in [3.05, 3.63) is 71.3 Å². The quantitative estimate of drug-likeness (QED) is 0.534. The number of aromatic nitrogens is 2. The minimum absolute atomic E-state index is 0.132. The number of hydrogen-bond acceptors (Lipinski definition) is 6. The second kappa shape index (κ2) is 9.25. The number of rotatable bonds is 8. The van der Waals surface area contributed by atoms with Crippen molar-refractivity contribution in [3.8, 4) is 0 Å². The Morgan fingerprint density at radius 1 is 1.07 bits per heavy atom. The molecular weight excluding hydrogens is 408 g/mol. The van der Waals surface area contributed by atoms with Gasteiger partial charge in [-0.05, 0) is 44.4 Å². The number of nitrogens with zero attached hydrogens (tertiary/aromatic N) is 2. The molecule has 1 amide bonds. The molecule has 1 aromatic heterocycles. The summed E-state index contributed by atoms with van der Waals surface area (Å²) < 4.78 is 27.5. The molecule has 152 valence electrons. The second-order valence-corrected chi connectivity index (χ2v) is 9.61. The number of aryl methyl sites for hydroxylation is 2. The van der Waals surface area contributed by atoms with Crippen LogP contribution in [-0.2, 0) is 16.4 Å². The topological polar surface area (TPSA) is 101 Å². The maximum atomic E-state index is 12.5. The molecule has 0 aliphatic carbocycles. The molecule has 0 spiro atoms. The molecule has 3 rings (SSSR count). The lowest BCUT2D eigenvalue weighted by molar-refractivity contribution is 0.102. The predicted molar refractivity (Wildman–Crippen MR) is 114 cm³/mol. The zero-order valence-electron chi connectivity index (χ0n) is 16.1. The maximum Gasteiger partial charge on any atom is 0.270 e. The number of sulfonamides is 1. The standard InChI is InChI=1S/C20H22N4O3S2/c1-14-8-12-17(13-9-14)18(25)21-19-22-23-20(28-19)29(26,27)24-15(2)10-11-16-6-4-3-5-7-16/h3-9,12-13,15,24H,10-11H2,1-2H3,(H,21,22,25)/t15-/m1/s1. The first-order valence-electron chi connectivity index (χ1n) is 9.11. The Labute approximate surface area is 174 Å². The van der Waals surface area contributed by atoms with Crippen LogP contribution >= 0.6 is 11.3 Å². The highest BCUT2D eigenvalue weighted by atomic mass is 32.2. The van der Waals surface area contributed by atoms with Crippen LogP contribution in [0.25, 0.3) is 0 Å². The van der Waals surface area contributed by atoms with Crippen LogP contribution in [0.4, 0.5) is 5.13 Å². The molecule has 0 radical (unpaired) electrons. The van der Waals surface area contributed by atoms with Gasteiger partial charge in [-0.25, -0.2) is 13.1 Å². The smallest absolute Gasteiger partial charge is 0.270 e. The normalized spacial score (nSPS) is 12.5. The van der Waals surface area contributed by atoms with Gasteiger partial charge in [-0.1, -0.05) is 59.4 Å². The highest BCUT2D eigenvalue weighted by molar-refractivity contribution is 7.91. The first-order chi connectivity index (χ1) is 13.8. The summed E-state index contributed by atoms with van der Waals surface area (Å²) in [4.78, 5) is 12.2. The fourth-order valence-electron chi connectivity index (χ4n) is 2.65. The predicted octanol–water partition coefficient (Wildman–Crippen LogP) is 3.40. The van der Waals surface area contributed by atoms with Crippen molar-refractivity contribution in [2.24, 2.45) is 0 Å². The molecule has 0 saturated heterocycles. The van der Waals surface area contributed by atoms with Crippen molar-refractivity contribution in [3.63, 3.8) is 0 Å². The fraction of sp³-hybridized carbons (Fsp3) is 0.250. The van der Waals surface area contributed by atoms with Crippen molar-refractivity contribution >= 4 is 32.4 Å². The average Bonchev–Trinajstić information content (AvgIpc) is 3.17. The lowest BCUT2D eigenvalue weighted by atomic mass is 10.1. The van der Waals surface area contributed by atoms with Gasteiger partial charge < -0.3 is 0 Å². The van der Waals surface area contributed by atoms with Crippen LogP contribution in [0, 0.1) is 6.92 Å². The average molecular weight is 431 g/mol. The molecule has 3 aromatic rings. The molecule has 7 nitrogen and oxygen atoms in total. The first kappa shape index (κ1) is 21.1. The van der Waals surface area contributed by atoms with Crippen molar-refractivity contribution in [1.82, 2.24) is 14.9 Å². The number of hydrogen-bond donors (Lipinski definition) is 2. The van der Waals surface area contributed by atoms with Crippen LogP contribution in [0.15, 0.2) is 58.9 Å². The molecule has 0 bridgehead atoms. The summed E-state index contributed by atoms with van der Waals surface area (Å²) in [5, 5.41) is 10.2. The van der Waals surface area contributed by atoms with E-state index in [1.165, 1.54) is 0 Å². The van der Waals surface area contributed by atoms with Gasteiger partial charge in [0.15, 0.2) is 0 Å². The van der Waals surface area contributed by atoms with Crippen LogP contribution in [-0.4, -0.2) is 30.6 Å². The second-order valence-electron chi connectivity index (χ2n) is 6.74. The van der Waals surface area contributed by atoms with Gasteiger partial charge >= 0.3 is 0 Å². The van der Waals surface area contributed by atoms with E-state index >= 15 is 0 Å². The monoisotopic (exact) mass is 430 g/mol. The lowest BCUT2D eigenvalue weighted by Gasteiger charge is -2.12. The SMILES string of the molecule is Cc1ccc(C(=O)Nc2nnc(S(=O)(=O)N[C@H](C)CCc3ccccc3)s2)cc1. The van der Waals surface area contributed by atoms with Crippen LogP contribution in [0.3, 0.4) is 0 Å². The van der Waals surface area contributed by atoms with E-state index in [-0.39, 0.29) is 21.4 Å². The number of amides is 1. The largest absolute Gasteiger partial charge is 0.296 e. The minimum atomic E-state index is -3.81. The Morgan fingerprint density at radius 2 is 1.76 bits per heavy atom. The third-order valence-electron chi connectivity index (χ3n) is 4.24. The molecule has 9 heteroatoms. The zero-order chi connectivity index (χ0) is 20.9. The summed E-state index contributed by atoms with van der Waals surface area (Å²) in [5.41, 5.74) is 2.65. The van der Waals surface area contributed by atoms with Gasteiger partial charge in [-0.15, -0.1) is 10.2 Å². The highest BCUT2D eigenvalue weighted by Crippen LogP contribution is 2.21. The van der Waals surface area contributed by atoms with E-state index in [4.69, 9.17) is 0 Å². The molecule has 1 atom stereocenters. The van der Waals surface area contributed by atoms with Crippen molar-refractivity contribution in [2.75, 3.05) is 5.32 Å². The number of benzene rings is 2. The van der Waals surface area contributed by atoms with Crippen molar-refractivity contribution < 1.29 is 13.2 Å². The molecular formula is C20H22N4O3S2. The van der Waals surface area contributed by atoms with E-state index in [1.54, 1.807) is 12.1 Å². The molecule has 1 heterocycles. The Bertz CT molecular complexity index is 1060. The van der Waals surface area contributed by atoms with Crippen LogP contribution < -0.4 is 10.0 Å². The Balaban J connectivity index is 1.59. The van der Waals surface area contributed by atoms with Gasteiger partial charge in [0.1, 0.15) is 0 Å². The highest BCUT2D eigenvalue weighted by Gasteiger charge is 2.23. The molecule has 0 aliphatic rings. The van der Waals surface area contributed by atoms with Crippen LogP contribution in [0.2, 0.25) is 0 Å². The van der Waals surface area contributed by atoms with Gasteiger partial charge in [0.05, 0.1) is 0 Å². The number of carbonyl (C=O) groups excluding carboxylic acids is 1. The van der Waals surface area contributed by atoms with Crippen molar-refractivity contribution in [1.29, 1.82) is 0 Å². The maximum absolute atomic E-state index is 12.5. The summed E-state index contributed by atoms with van der Waals surface area (Å²) in [6.45, 7) is 3.74. The Morgan fingerprint density at radius 3 is 2.45 bits per heavy atom. The van der Waals surface area contributed by atoms with E-state index in [2.05, 4.69) is 20.2 Å². The molecule has 0 saturated carbocycles. The fourth-order valence-corrected chi connectivity index (χ4v) is 4.83. The number of anilines is 1. The van der Waals surface area contributed by atoms with E-state index in [0.29, 0.717) is 12.0 Å². The summed E-state index contributed by atoms with van der Waals surface area (Å²) in [7, 11) is -3.81. The van der Waals surface area contributed by atoms with Gasteiger partial charge in [-0.3, -0.25) is 10.1 Å². The molecule has 0 aliphatic heterocycles. The Kier molecular flexibility index (Phi) is 6.73. The summed E-state index contributed by atoms with van der Waals surface area (Å²) >= 11 is 0.818. The van der Waals surface area contributed by atoms with E-state index in [1.807, 2.05) is 56.3 Å². The van der Waals surface area contributed by atoms with Gasteiger partial charge in [0.25, 0.3) is 15.9 Å². The first-order valence-corrected chi connectivity index (χ1v) is 11.4. The van der Waals surface area contributed by atoms with E-state index < -0.39 is 10.0 Å². The molecule has 29 heavy (non-hydrogen) atoms. The van der Waals surface area contributed by atoms with Crippen LogP contribution in [0.1, 0.15) is 34.8 Å². The summed E-state index contributed by atoms with van der Waals surface area (Å²) in [6, 6.07) is 16.6. The van der Waals surface area contributed by atoms with E-state index in [0.717, 1.165) is 28.9 Å². The van der Waals surface area contributed by atoms with Gasteiger partial charge in [-0.2, -0.15) is 0 Å². The lowest BCUT2D eigenvalue weighted by Crippen LogP contribution is -2.32. The molecule has 2 N–H and O–H groups in total. The van der Waals surface area contributed by atoms with Crippen molar-refractivity contribution in [2.45, 2.75) is 37.1 Å². The third-order valence-corrected chi connectivity index (χ3v) is 7.03. The van der Waals surface area contributed by atoms with E-state index in [9.17, 15) is 13.2 Å². The Hall–Kier alpha value is -2.62. The zero-order valence-corrected chi connectivity index (χ0v) is 17.8. The number of carbonyl (C=O) groups is 1. The summed E-state index contributed by atoms with van der Waals surface area (Å²) in [5.74, 6) is -0.366. The molecule has 2 aromatic carbocycles. The number of nitrogens with one attached hydrogen (secondary N) is 2.